The van der Waals surface area contributed by atoms with Gasteiger partial charge in [0.15, 0.2) is 0 Å². The van der Waals surface area contributed by atoms with E-state index in [1.54, 1.807) is 12.1 Å². The third-order valence-electron chi connectivity index (χ3n) is 5.00. The lowest BCUT2D eigenvalue weighted by atomic mass is 9.96. The molecule has 4 N–H and O–H groups in total. The van der Waals surface area contributed by atoms with Crippen LogP contribution in [-0.4, -0.2) is 42.1 Å². The third kappa shape index (κ3) is 5.00. The minimum atomic E-state index is -1.15. The van der Waals surface area contributed by atoms with Crippen molar-refractivity contribution in [3.05, 3.63) is 47.5 Å². The van der Waals surface area contributed by atoms with E-state index in [0.29, 0.717) is 0 Å². The van der Waals surface area contributed by atoms with Crippen molar-refractivity contribution < 1.29 is 19.5 Å². The molecule has 28 heavy (non-hydrogen) atoms. The molecule has 0 heterocycles. The van der Waals surface area contributed by atoms with Gasteiger partial charge in [-0.2, -0.15) is 0 Å². The zero-order valence-electron chi connectivity index (χ0n) is 15.7. The molecule has 148 valence electrons. The predicted octanol–water partition coefficient (Wildman–Crippen LogP) is 2.90. The van der Waals surface area contributed by atoms with Crippen LogP contribution in [0.5, 0.6) is 0 Å². The lowest BCUT2D eigenvalue weighted by molar-refractivity contribution is 0.0691. The highest BCUT2D eigenvalue weighted by molar-refractivity contribution is 6.08. The minimum absolute atomic E-state index is 0.0424. The fraction of sp³-hybridized carbons (Fsp3) is 0.381. The summed E-state index contributed by atoms with van der Waals surface area (Å²) in [5, 5.41) is 19.3. The van der Waals surface area contributed by atoms with Gasteiger partial charge in [-0.05, 0) is 35.7 Å². The number of hydrogen-bond acceptors (Lipinski definition) is 3. The molecule has 2 aromatic carbocycles. The average molecular weight is 383 g/mol. The Hall–Kier alpha value is -3.09. The van der Waals surface area contributed by atoms with Gasteiger partial charge in [0.1, 0.15) is 0 Å². The van der Waals surface area contributed by atoms with Crippen molar-refractivity contribution in [1.29, 1.82) is 0 Å². The van der Waals surface area contributed by atoms with E-state index in [2.05, 4.69) is 16.0 Å². The van der Waals surface area contributed by atoms with Gasteiger partial charge in [-0.25, -0.2) is 9.59 Å². The normalized spacial score (nSPS) is 14.4. The van der Waals surface area contributed by atoms with Crippen LogP contribution < -0.4 is 16.0 Å². The van der Waals surface area contributed by atoms with Crippen molar-refractivity contribution >= 4 is 28.7 Å². The maximum atomic E-state index is 12.5. The number of aromatic carboxylic acids is 1. The number of urea groups is 1. The van der Waals surface area contributed by atoms with Gasteiger partial charge in [0, 0.05) is 19.1 Å². The first-order valence-electron chi connectivity index (χ1n) is 9.63. The lowest BCUT2D eigenvalue weighted by Gasteiger charge is -2.22. The maximum absolute atomic E-state index is 12.5. The molecular formula is C21H25N3O4. The van der Waals surface area contributed by atoms with E-state index >= 15 is 0 Å². The number of benzene rings is 2. The van der Waals surface area contributed by atoms with Crippen molar-refractivity contribution in [2.75, 3.05) is 13.1 Å². The molecule has 1 fully saturated rings. The summed E-state index contributed by atoms with van der Waals surface area (Å²) in [4.78, 5) is 35.9. The summed E-state index contributed by atoms with van der Waals surface area (Å²) in [5.74, 6) is -1.63. The minimum Gasteiger partial charge on any atom is -0.478 e. The van der Waals surface area contributed by atoms with E-state index in [9.17, 15) is 19.5 Å². The molecule has 3 amide bonds. The molecule has 0 aliphatic heterocycles. The summed E-state index contributed by atoms with van der Waals surface area (Å²) in [6, 6.07) is 10.3. The zero-order chi connectivity index (χ0) is 19.9. The molecule has 7 nitrogen and oxygen atoms in total. The molecule has 0 saturated heterocycles. The first-order chi connectivity index (χ1) is 13.5. The number of rotatable bonds is 6. The third-order valence-corrected chi connectivity index (χ3v) is 5.00. The smallest absolute Gasteiger partial charge is 0.336 e. The van der Waals surface area contributed by atoms with Crippen molar-refractivity contribution in [2.24, 2.45) is 0 Å². The molecule has 0 bridgehead atoms. The topological polar surface area (TPSA) is 108 Å². The SMILES string of the molecule is O=C(NCCNC(=O)c1cc2ccccc2cc1C(=O)O)NC1CCCCC1. The van der Waals surface area contributed by atoms with Crippen molar-refractivity contribution in [1.82, 2.24) is 16.0 Å². The Bertz CT molecular complexity index is 875. The number of amides is 3. The summed E-state index contributed by atoms with van der Waals surface area (Å²) >= 11 is 0. The average Bonchev–Trinajstić information content (AvgIpc) is 2.70. The number of fused-ring (bicyclic) bond motifs is 1. The van der Waals surface area contributed by atoms with Crippen molar-refractivity contribution in [3.63, 3.8) is 0 Å². The number of carbonyl (C=O) groups is 3. The van der Waals surface area contributed by atoms with Gasteiger partial charge in [0.05, 0.1) is 11.1 Å². The standard InChI is InChI=1S/C21H25N3O4/c25-19(22-10-11-23-21(28)24-16-8-2-1-3-9-16)17-12-14-6-4-5-7-15(14)13-18(17)20(26)27/h4-7,12-13,16H,1-3,8-11H2,(H,22,25)(H,26,27)(H2,23,24,28). The maximum Gasteiger partial charge on any atom is 0.336 e. The van der Waals surface area contributed by atoms with Gasteiger partial charge in [-0.1, -0.05) is 43.5 Å². The van der Waals surface area contributed by atoms with E-state index in [-0.39, 0.29) is 36.3 Å². The highest BCUT2D eigenvalue weighted by atomic mass is 16.4. The second-order valence-electron chi connectivity index (χ2n) is 7.04. The number of hydrogen-bond donors (Lipinski definition) is 4. The second-order valence-corrected chi connectivity index (χ2v) is 7.04. The quantitative estimate of drug-likeness (QED) is 0.575. The van der Waals surface area contributed by atoms with E-state index in [1.807, 2.05) is 18.2 Å². The van der Waals surface area contributed by atoms with Gasteiger partial charge < -0.3 is 21.1 Å². The monoisotopic (exact) mass is 383 g/mol. The fourth-order valence-electron chi connectivity index (χ4n) is 3.54. The Morgan fingerprint density at radius 1 is 0.893 bits per heavy atom. The number of carbonyl (C=O) groups excluding carboxylic acids is 2. The summed E-state index contributed by atoms with van der Waals surface area (Å²) in [6.45, 7) is 0.475. The van der Waals surface area contributed by atoms with Gasteiger partial charge in [-0.15, -0.1) is 0 Å². The second kappa shape index (κ2) is 9.21. The van der Waals surface area contributed by atoms with E-state index in [4.69, 9.17) is 0 Å². The van der Waals surface area contributed by atoms with E-state index in [0.717, 1.165) is 36.5 Å². The molecule has 7 heteroatoms. The summed E-state index contributed by atoms with van der Waals surface area (Å²) in [7, 11) is 0. The van der Waals surface area contributed by atoms with E-state index < -0.39 is 11.9 Å². The molecule has 1 aliphatic carbocycles. The molecule has 0 radical (unpaired) electrons. The summed E-state index contributed by atoms with van der Waals surface area (Å²) < 4.78 is 0. The summed E-state index contributed by atoms with van der Waals surface area (Å²) in [6.07, 6.45) is 5.50. The molecule has 0 atom stereocenters. The fourth-order valence-corrected chi connectivity index (χ4v) is 3.54. The van der Waals surface area contributed by atoms with Crippen LogP contribution in [0.3, 0.4) is 0 Å². The molecule has 3 rings (SSSR count). The number of carboxylic acid groups (broad SMARTS) is 1. The van der Waals surface area contributed by atoms with Gasteiger partial charge in [0.25, 0.3) is 5.91 Å². The van der Waals surface area contributed by atoms with Crippen LogP contribution in [0.2, 0.25) is 0 Å². The number of nitrogens with one attached hydrogen (secondary N) is 3. The van der Waals surface area contributed by atoms with Gasteiger partial charge >= 0.3 is 12.0 Å². The predicted molar refractivity (Wildman–Crippen MR) is 107 cm³/mol. The van der Waals surface area contributed by atoms with Crippen LogP contribution in [0.25, 0.3) is 10.8 Å². The largest absolute Gasteiger partial charge is 0.478 e. The van der Waals surface area contributed by atoms with Crippen molar-refractivity contribution in [3.8, 4) is 0 Å². The zero-order valence-corrected chi connectivity index (χ0v) is 15.7. The summed E-state index contributed by atoms with van der Waals surface area (Å²) in [5.41, 5.74) is 0.0667. The highest BCUT2D eigenvalue weighted by Crippen LogP contribution is 2.20. The molecular weight excluding hydrogens is 358 g/mol. The lowest BCUT2D eigenvalue weighted by Crippen LogP contribution is -2.45. The van der Waals surface area contributed by atoms with Gasteiger partial charge in [-0.3, -0.25) is 4.79 Å². The Morgan fingerprint density at radius 3 is 2.14 bits per heavy atom. The first-order valence-corrected chi connectivity index (χ1v) is 9.63. The Morgan fingerprint density at radius 2 is 1.50 bits per heavy atom. The Labute approximate surface area is 163 Å². The van der Waals surface area contributed by atoms with E-state index in [1.165, 1.54) is 12.5 Å². The molecule has 0 spiro atoms. The molecule has 1 saturated carbocycles. The molecule has 2 aromatic rings. The van der Waals surface area contributed by atoms with Gasteiger partial charge in [0.2, 0.25) is 0 Å². The van der Waals surface area contributed by atoms with Crippen LogP contribution in [-0.2, 0) is 0 Å². The molecule has 1 aliphatic rings. The number of carboxylic acids is 1. The van der Waals surface area contributed by atoms with Crippen LogP contribution in [0, 0.1) is 0 Å². The Kier molecular flexibility index (Phi) is 6.47. The molecule has 0 unspecified atom stereocenters. The first kappa shape index (κ1) is 19.7. The van der Waals surface area contributed by atoms with Crippen LogP contribution in [0.1, 0.15) is 52.8 Å². The van der Waals surface area contributed by atoms with Crippen LogP contribution in [0.4, 0.5) is 4.79 Å². The molecule has 0 aromatic heterocycles. The van der Waals surface area contributed by atoms with Crippen molar-refractivity contribution in [2.45, 2.75) is 38.1 Å². The van der Waals surface area contributed by atoms with Crippen LogP contribution >= 0.6 is 0 Å². The highest BCUT2D eigenvalue weighted by Gasteiger charge is 2.18. The Balaban J connectivity index is 1.53. The van der Waals surface area contributed by atoms with Crippen LogP contribution in [0.15, 0.2) is 36.4 Å².